The third-order valence-electron chi connectivity index (χ3n) is 1.89. The summed E-state index contributed by atoms with van der Waals surface area (Å²) in [7, 11) is 1.85. The highest BCUT2D eigenvalue weighted by molar-refractivity contribution is 7.80. The van der Waals surface area contributed by atoms with Crippen LogP contribution in [0.5, 0.6) is 0 Å². The van der Waals surface area contributed by atoms with E-state index < -0.39 is 0 Å². The third-order valence-corrected chi connectivity index (χ3v) is 2.23. The Labute approximate surface area is 88.9 Å². The van der Waals surface area contributed by atoms with Gasteiger partial charge in [0.1, 0.15) is 0 Å². The Morgan fingerprint density at radius 3 is 2.93 bits per heavy atom. The molecule has 0 amide bonds. The van der Waals surface area contributed by atoms with Gasteiger partial charge in [-0.3, -0.25) is 0 Å². The molecular weight excluding hydrogens is 198 g/mol. The summed E-state index contributed by atoms with van der Waals surface area (Å²) >= 11 is 5.11. The van der Waals surface area contributed by atoms with Crippen LogP contribution in [-0.4, -0.2) is 31.7 Å². The monoisotopic (exact) mass is 213 g/mol. The molecule has 1 rings (SSSR count). The molecule has 1 N–H and O–H groups in total. The Morgan fingerprint density at radius 1 is 1.57 bits per heavy atom. The van der Waals surface area contributed by atoms with Crippen molar-refractivity contribution >= 4 is 17.2 Å². The molecule has 0 unspecified atom stereocenters. The van der Waals surface area contributed by atoms with Crippen molar-refractivity contribution in [3.63, 3.8) is 0 Å². The molecule has 0 saturated heterocycles. The molecule has 0 aliphatic rings. The zero-order valence-electron chi connectivity index (χ0n) is 8.53. The molecule has 0 bridgehead atoms. The summed E-state index contributed by atoms with van der Waals surface area (Å²) in [6.45, 7) is 2.93. The van der Waals surface area contributed by atoms with Crippen molar-refractivity contribution < 1.29 is 0 Å². The van der Waals surface area contributed by atoms with Crippen molar-refractivity contribution in [3.05, 3.63) is 5.82 Å². The van der Waals surface area contributed by atoms with Crippen LogP contribution in [0.25, 0.3) is 0 Å². The van der Waals surface area contributed by atoms with Gasteiger partial charge in [-0.2, -0.15) is 0 Å². The summed E-state index contributed by atoms with van der Waals surface area (Å²) in [5, 5.41) is 14.3. The van der Waals surface area contributed by atoms with Crippen LogP contribution in [0.3, 0.4) is 0 Å². The number of tetrazole rings is 1. The van der Waals surface area contributed by atoms with Crippen LogP contribution in [0.15, 0.2) is 0 Å². The van der Waals surface area contributed by atoms with E-state index in [9.17, 15) is 0 Å². The first-order valence-corrected chi connectivity index (χ1v) is 5.12. The lowest BCUT2D eigenvalue weighted by atomic mass is 10.2. The van der Waals surface area contributed by atoms with Gasteiger partial charge in [0.15, 0.2) is 5.82 Å². The molecule has 0 aromatic carbocycles. The lowest BCUT2D eigenvalue weighted by Crippen LogP contribution is -2.20. The summed E-state index contributed by atoms with van der Waals surface area (Å²) < 4.78 is 1.69. The van der Waals surface area contributed by atoms with E-state index in [1.807, 2.05) is 14.0 Å². The average Bonchev–Trinajstić information content (AvgIpc) is 2.52. The van der Waals surface area contributed by atoms with Crippen LogP contribution < -0.4 is 5.32 Å². The minimum atomic E-state index is 0.870. The second kappa shape index (κ2) is 5.64. The second-order valence-electron chi connectivity index (χ2n) is 3.03. The predicted octanol–water partition coefficient (Wildman–Crippen LogP) is 0.470. The molecular formula is C8H15N5S. The molecule has 5 nitrogen and oxygen atoms in total. The standard InChI is InChI=1S/C8H15N5S/c1-3-9-8(14)6-4-5-7-10-11-12-13(7)2/h3-6H2,1-2H3,(H,9,14). The fourth-order valence-corrected chi connectivity index (χ4v) is 1.44. The summed E-state index contributed by atoms with van der Waals surface area (Å²) in [5.41, 5.74) is 0. The minimum absolute atomic E-state index is 0.870. The van der Waals surface area contributed by atoms with Crippen LogP contribution in [0.2, 0.25) is 0 Å². The zero-order chi connectivity index (χ0) is 10.4. The maximum Gasteiger partial charge on any atom is 0.150 e. The number of thiocarbonyl (C=S) groups is 1. The number of hydrogen-bond acceptors (Lipinski definition) is 4. The third kappa shape index (κ3) is 3.37. The molecule has 6 heteroatoms. The Morgan fingerprint density at radius 2 is 2.36 bits per heavy atom. The van der Waals surface area contributed by atoms with E-state index in [0.29, 0.717) is 0 Å². The summed E-state index contributed by atoms with van der Waals surface area (Å²) in [5.74, 6) is 0.907. The van der Waals surface area contributed by atoms with Gasteiger partial charge in [-0.05, 0) is 30.2 Å². The van der Waals surface area contributed by atoms with Crippen LogP contribution in [0.1, 0.15) is 25.6 Å². The summed E-state index contributed by atoms with van der Waals surface area (Å²) in [6, 6.07) is 0. The van der Waals surface area contributed by atoms with Crippen molar-refractivity contribution in [2.75, 3.05) is 6.54 Å². The van der Waals surface area contributed by atoms with Crippen molar-refractivity contribution in [2.24, 2.45) is 7.05 Å². The summed E-state index contributed by atoms with van der Waals surface area (Å²) in [6.07, 6.45) is 2.76. The van der Waals surface area contributed by atoms with Gasteiger partial charge in [-0.1, -0.05) is 12.2 Å². The molecule has 1 aromatic rings. The molecule has 0 aliphatic heterocycles. The number of rotatable bonds is 5. The quantitative estimate of drug-likeness (QED) is 0.721. The fraction of sp³-hybridized carbons (Fsp3) is 0.750. The SMILES string of the molecule is CCNC(=S)CCCc1nnnn1C. The van der Waals surface area contributed by atoms with Crippen molar-refractivity contribution in [2.45, 2.75) is 26.2 Å². The molecule has 0 saturated carbocycles. The second-order valence-corrected chi connectivity index (χ2v) is 3.52. The molecule has 0 radical (unpaired) electrons. The minimum Gasteiger partial charge on any atom is -0.380 e. The van der Waals surface area contributed by atoms with E-state index in [2.05, 4.69) is 20.8 Å². The highest BCUT2D eigenvalue weighted by Crippen LogP contribution is 1.99. The Balaban J connectivity index is 2.22. The predicted molar refractivity (Wildman–Crippen MR) is 58.0 cm³/mol. The smallest absolute Gasteiger partial charge is 0.150 e. The van der Waals surface area contributed by atoms with Gasteiger partial charge >= 0.3 is 0 Å². The fourth-order valence-electron chi connectivity index (χ4n) is 1.15. The Hall–Kier alpha value is -1.04. The van der Waals surface area contributed by atoms with E-state index in [0.717, 1.165) is 36.6 Å². The molecule has 0 aliphatic carbocycles. The van der Waals surface area contributed by atoms with Crippen LogP contribution in [0, 0.1) is 0 Å². The highest BCUT2D eigenvalue weighted by Gasteiger charge is 2.02. The van der Waals surface area contributed by atoms with E-state index in [4.69, 9.17) is 12.2 Å². The zero-order valence-corrected chi connectivity index (χ0v) is 9.34. The van der Waals surface area contributed by atoms with E-state index in [1.54, 1.807) is 4.68 Å². The highest BCUT2D eigenvalue weighted by atomic mass is 32.1. The molecule has 14 heavy (non-hydrogen) atoms. The number of aromatic nitrogens is 4. The van der Waals surface area contributed by atoms with Gasteiger partial charge in [0.05, 0.1) is 4.99 Å². The molecule has 0 fully saturated rings. The van der Waals surface area contributed by atoms with Gasteiger partial charge in [0.2, 0.25) is 0 Å². The van der Waals surface area contributed by atoms with Crippen LogP contribution >= 0.6 is 12.2 Å². The van der Waals surface area contributed by atoms with Crippen LogP contribution in [-0.2, 0) is 13.5 Å². The van der Waals surface area contributed by atoms with Gasteiger partial charge < -0.3 is 5.32 Å². The average molecular weight is 213 g/mol. The van der Waals surface area contributed by atoms with Crippen molar-refractivity contribution in [3.8, 4) is 0 Å². The maximum absolute atomic E-state index is 5.11. The normalized spacial score (nSPS) is 10.1. The van der Waals surface area contributed by atoms with Gasteiger partial charge in [0, 0.05) is 20.0 Å². The molecule has 1 heterocycles. The Bertz CT molecular complexity index is 296. The van der Waals surface area contributed by atoms with E-state index >= 15 is 0 Å². The van der Waals surface area contributed by atoms with Crippen molar-refractivity contribution in [1.29, 1.82) is 0 Å². The van der Waals surface area contributed by atoms with E-state index in [1.165, 1.54) is 0 Å². The molecule has 78 valence electrons. The first-order chi connectivity index (χ1) is 6.74. The lowest BCUT2D eigenvalue weighted by molar-refractivity contribution is 0.662. The maximum atomic E-state index is 5.11. The summed E-state index contributed by atoms with van der Waals surface area (Å²) in [4.78, 5) is 0.919. The van der Waals surface area contributed by atoms with Gasteiger partial charge in [-0.15, -0.1) is 5.10 Å². The number of aryl methyl sites for hydroxylation is 2. The topological polar surface area (TPSA) is 55.6 Å². The van der Waals surface area contributed by atoms with Gasteiger partial charge in [-0.25, -0.2) is 4.68 Å². The first kappa shape index (κ1) is 11.0. The molecule has 1 aromatic heterocycles. The number of nitrogens with zero attached hydrogens (tertiary/aromatic N) is 4. The molecule has 0 spiro atoms. The van der Waals surface area contributed by atoms with E-state index in [-0.39, 0.29) is 0 Å². The Kier molecular flexibility index (Phi) is 4.45. The lowest BCUT2D eigenvalue weighted by Gasteiger charge is -2.03. The number of hydrogen-bond donors (Lipinski definition) is 1. The van der Waals surface area contributed by atoms with Gasteiger partial charge in [0.25, 0.3) is 0 Å². The largest absolute Gasteiger partial charge is 0.380 e. The van der Waals surface area contributed by atoms with Crippen LogP contribution in [0.4, 0.5) is 0 Å². The molecule has 0 atom stereocenters. The van der Waals surface area contributed by atoms with Crippen molar-refractivity contribution in [1.82, 2.24) is 25.5 Å². The number of nitrogens with one attached hydrogen (secondary N) is 1. The first-order valence-electron chi connectivity index (χ1n) is 4.72.